The van der Waals surface area contributed by atoms with Crippen LogP contribution in [-0.2, 0) is 0 Å². The van der Waals surface area contributed by atoms with Gasteiger partial charge in [-0.05, 0) is 28.1 Å². The van der Waals surface area contributed by atoms with E-state index in [-0.39, 0.29) is 28.8 Å². The van der Waals surface area contributed by atoms with E-state index < -0.39 is 0 Å². The van der Waals surface area contributed by atoms with Crippen molar-refractivity contribution < 1.29 is 4.79 Å². The zero-order chi connectivity index (χ0) is 13.7. The molecule has 0 unspecified atom stereocenters. The van der Waals surface area contributed by atoms with Gasteiger partial charge in [0.2, 0.25) is 0 Å². The van der Waals surface area contributed by atoms with Gasteiger partial charge in [-0.2, -0.15) is 0 Å². The van der Waals surface area contributed by atoms with Crippen LogP contribution in [0.4, 0.5) is 0 Å². The van der Waals surface area contributed by atoms with Crippen molar-refractivity contribution in [1.82, 2.24) is 5.32 Å². The Hall–Kier alpha value is -0.390. The number of hydrogen-bond donors (Lipinski definition) is 2. The van der Waals surface area contributed by atoms with Crippen LogP contribution in [0.15, 0.2) is 15.9 Å². The molecule has 3 nitrogen and oxygen atoms in total. The van der Waals surface area contributed by atoms with E-state index in [0.29, 0.717) is 0 Å². The van der Waals surface area contributed by atoms with Crippen molar-refractivity contribution in [2.45, 2.75) is 39.8 Å². The Balaban J connectivity index is 2.13. The summed E-state index contributed by atoms with van der Waals surface area (Å²) in [6, 6.07) is 3.93. The minimum atomic E-state index is -0.0619. The van der Waals surface area contributed by atoms with Crippen molar-refractivity contribution in [3.63, 3.8) is 0 Å². The van der Waals surface area contributed by atoms with E-state index in [1.54, 1.807) is 0 Å². The molecule has 0 atom stereocenters. The SMILES string of the molecule is CC1(C)C(N)C(C)(C)C1NC(=O)c1ccc(Br)s1. The first-order valence-electron chi connectivity index (χ1n) is 5.99. The average molecular weight is 331 g/mol. The number of carbonyl (C=O) groups excluding carboxylic acids is 1. The molecule has 0 aliphatic heterocycles. The van der Waals surface area contributed by atoms with Crippen molar-refractivity contribution in [1.29, 1.82) is 0 Å². The molecule has 1 amide bonds. The Kier molecular flexibility index (Phi) is 3.37. The van der Waals surface area contributed by atoms with Crippen LogP contribution < -0.4 is 11.1 Å². The quantitative estimate of drug-likeness (QED) is 0.875. The molecule has 0 radical (unpaired) electrons. The topological polar surface area (TPSA) is 55.1 Å². The molecule has 1 fully saturated rings. The van der Waals surface area contributed by atoms with Crippen LogP contribution in [0.5, 0.6) is 0 Å². The standard InChI is InChI=1S/C13H19BrN2OS/c1-12(2)10(15)13(3,4)11(12)16-9(17)7-5-6-8(14)18-7/h5-6,10-11H,15H2,1-4H3,(H,16,17). The molecule has 5 heteroatoms. The molecule has 100 valence electrons. The largest absolute Gasteiger partial charge is 0.347 e. The Bertz CT molecular complexity index is 465. The van der Waals surface area contributed by atoms with E-state index in [1.807, 2.05) is 12.1 Å². The van der Waals surface area contributed by atoms with Crippen molar-refractivity contribution in [3.05, 3.63) is 20.8 Å². The molecule has 1 aliphatic carbocycles. The molecule has 0 aromatic carbocycles. The first kappa shape index (κ1) is 14.0. The lowest BCUT2D eigenvalue weighted by atomic mass is 9.48. The lowest BCUT2D eigenvalue weighted by Crippen LogP contribution is -2.76. The summed E-state index contributed by atoms with van der Waals surface area (Å²) in [4.78, 5) is 12.9. The monoisotopic (exact) mass is 330 g/mol. The van der Waals surface area contributed by atoms with Crippen LogP contribution >= 0.6 is 27.3 Å². The normalized spacial score (nSPS) is 28.6. The van der Waals surface area contributed by atoms with Crippen molar-refractivity contribution in [3.8, 4) is 0 Å². The van der Waals surface area contributed by atoms with Crippen molar-refractivity contribution in [2.75, 3.05) is 0 Å². The van der Waals surface area contributed by atoms with Gasteiger partial charge >= 0.3 is 0 Å². The summed E-state index contributed by atoms with van der Waals surface area (Å²) in [5.74, 6) is -0.0104. The number of rotatable bonds is 2. The van der Waals surface area contributed by atoms with E-state index in [4.69, 9.17) is 5.73 Å². The van der Waals surface area contributed by atoms with Crippen molar-refractivity contribution in [2.24, 2.45) is 16.6 Å². The zero-order valence-electron chi connectivity index (χ0n) is 11.1. The molecule has 1 saturated carbocycles. The summed E-state index contributed by atoms with van der Waals surface area (Å²) in [6.07, 6.45) is 0. The van der Waals surface area contributed by atoms with Crippen LogP contribution in [0.25, 0.3) is 0 Å². The predicted molar refractivity (Wildman–Crippen MR) is 78.8 cm³/mol. The fourth-order valence-electron chi connectivity index (χ4n) is 3.19. The highest BCUT2D eigenvalue weighted by atomic mass is 79.9. The second-order valence-electron chi connectivity index (χ2n) is 6.13. The second-order valence-corrected chi connectivity index (χ2v) is 8.59. The molecule has 1 aromatic heterocycles. The summed E-state index contributed by atoms with van der Waals surface area (Å²) < 4.78 is 0.969. The molecule has 2 rings (SSSR count). The fourth-order valence-corrected chi connectivity index (χ4v) is 4.48. The number of hydrogen-bond acceptors (Lipinski definition) is 3. The lowest BCUT2D eigenvalue weighted by Gasteiger charge is -2.62. The van der Waals surface area contributed by atoms with Crippen LogP contribution in [-0.4, -0.2) is 18.0 Å². The molecule has 18 heavy (non-hydrogen) atoms. The highest BCUT2D eigenvalue weighted by molar-refractivity contribution is 9.11. The van der Waals surface area contributed by atoms with Gasteiger partial charge in [-0.15, -0.1) is 11.3 Å². The predicted octanol–water partition coefficient (Wildman–Crippen LogP) is 3.00. The Morgan fingerprint density at radius 1 is 1.33 bits per heavy atom. The van der Waals surface area contributed by atoms with Crippen LogP contribution in [0.1, 0.15) is 37.4 Å². The molecular weight excluding hydrogens is 312 g/mol. The van der Waals surface area contributed by atoms with Gasteiger partial charge in [0.05, 0.1) is 8.66 Å². The number of carbonyl (C=O) groups is 1. The molecule has 0 bridgehead atoms. The first-order chi connectivity index (χ1) is 8.17. The van der Waals surface area contributed by atoms with Gasteiger partial charge in [0, 0.05) is 22.9 Å². The Labute approximate surface area is 120 Å². The maximum absolute atomic E-state index is 12.2. The number of nitrogens with one attached hydrogen (secondary N) is 1. The smallest absolute Gasteiger partial charge is 0.261 e. The van der Waals surface area contributed by atoms with Gasteiger partial charge in [-0.1, -0.05) is 27.7 Å². The summed E-state index contributed by atoms with van der Waals surface area (Å²) in [5, 5.41) is 3.13. The third kappa shape index (κ3) is 2.02. The van der Waals surface area contributed by atoms with E-state index in [9.17, 15) is 4.79 Å². The minimum absolute atomic E-state index is 0.0104. The lowest BCUT2D eigenvalue weighted by molar-refractivity contribution is -0.0663. The molecule has 1 aromatic rings. The van der Waals surface area contributed by atoms with E-state index in [1.165, 1.54) is 11.3 Å². The molecule has 1 aliphatic rings. The van der Waals surface area contributed by atoms with Gasteiger partial charge < -0.3 is 11.1 Å². The van der Waals surface area contributed by atoms with E-state index in [0.717, 1.165) is 8.66 Å². The van der Waals surface area contributed by atoms with Crippen LogP contribution in [0.2, 0.25) is 0 Å². The average Bonchev–Trinajstić information content (AvgIpc) is 2.71. The highest BCUT2D eigenvalue weighted by Crippen LogP contribution is 2.52. The third-order valence-electron chi connectivity index (χ3n) is 4.16. The highest BCUT2D eigenvalue weighted by Gasteiger charge is 2.60. The minimum Gasteiger partial charge on any atom is -0.347 e. The van der Waals surface area contributed by atoms with E-state index >= 15 is 0 Å². The van der Waals surface area contributed by atoms with Gasteiger partial charge in [0.25, 0.3) is 5.91 Å². The summed E-state index contributed by atoms with van der Waals surface area (Å²) in [5.41, 5.74) is 6.06. The summed E-state index contributed by atoms with van der Waals surface area (Å²) in [7, 11) is 0. The number of halogens is 1. The molecule has 3 N–H and O–H groups in total. The fraction of sp³-hybridized carbons (Fsp3) is 0.615. The van der Waals surface area contributed by atoms with Crippen molar-refractivity contribution >= 4 is 33.2 Å². The summed E-state index contributed by atoms with van der Waals surface area (Å²) in [6.45, 7) is 8.44. The molecule has 0 saturated heterocycles. The molecular formula is C13H19BrN2OS. The maximum Gasteiger partial charge on any atom is 0.261 e. The van der Waals surface area contributed by atoms with Gasteiger partial charge in [-0.25, -0.2) is 0 Å². The van der Waals surface area contributed by atoms with Crippen LogP contribution in [0, 0.1) is 10.8 Å². The molecule has 1 heterocycles. The third-order valence-corrected chi connectivity index (χ3v) is 5.79. The van der Waals surface area contributed by atoms with E-state index in [2.05, 4.69) is 48.9 Å². The van der Waals surface area contributed by atoms with Gasteiger partial charge in [-0.3, -0.25) is 4.79 Å². The Morgan fingerprint density at radius 3 is 2.33 bits per heavy atom. The Morgan fingerprint density at radius 2 is 1.89 bits per heavy atom. The number of thiophene rings is 1. The maximum atomic E-state index is 12.2. The number of nitrogens with two attached hydrogens (primary N) is 1. The summed E-state index contributed by atoms with van der Waals surface area (Å²) >= 11 is 4.82. The number of amides is 1. The van der Waals surface area contributed by atoms with Gasteiger partial charge in [0.1, 0.15) is 0 Å². The zero-order valence-corrected chi connectivity index (χ0v) is 13.5. The molecule has 0 spiro atoms. The van der Waals surface area contributed by atoms with Crippen LogP contribution in [0.3, 0.4) is 0 Å². The first-order valence-corrected chi connectivity index (χ1v) is 7.60. The second kappa shape index (κ2) is 4.32. The van der Waals surface area contributed by atoms with Gasteiger partial charge in [0.15, 0.2) is 0 Å².